The fourth-order valence-corrected chi connectivity index (χ4v) is 3.94. The van der Waals surface area contributed by atoms with Crippen molar-refractivity contribution in [2.24, 2.45) is 0 Å². The number of nitrogens with one attached hydrogen (secondary N) is 1. The van der Waals surface area contributed by atoms with Crippen molar-refractivity contribution in [3.8, 4) is 0 Å². The highest BCUT2D eigenvalue weighted by Crippen LogP contribution is 2.31. The lowest BCUT2D eigenvalue weighted by atomic mass is 9.98. The Labute approximate surface area is 115 Å². The van der Waals surface area contributed by atoms with Gasteiger partial charge in [0, 0.05) is 25.2 Å². The molecule has 3 fully saturated rings. The van der Waals surface area contributed by atoms with Crippen LogP contribution < -0.4 is 5.32 Å². The zero-order valence-corrected chi connectivity index (χ0v) is 12.1. The van der Waals surface area contributed by atoms with Gasteiger partial charge < -0.3 is 15.0 Å². The number of nitrogens with zero attached hydrogens (tertiary/aromatic N) is 1. The monoisotopic (exact) mass is 266 g/mol. The van der Waals surface area contributed by atoms with Crippen molar-refractivity contribution in [3.05, 3.63) is 0 Å². The van der Waals surface area contributed by atoms with Gasteiger partial charge in [-0.05, 0) is 44.9 Å². The Kier molecular flexibility index (Phi) is 3.81. The van der Waals surface area contributed by atoms with Crippen molar-refractivity contribution < 1.29 is 9.53 Å². The van der Waals surface area contributed by atoms with Crippen molar-refractivity contribution in [2.75, 3.05) is 7.05 Å². The van der Waals surface area contributed by atoms with Gasteiger partial charge in [0.05, 0.1) is 6.10 Å². The van der Waals surface area contributed by atoms with E-state index in [4.69, 9.17) is 4.74 Å². The molecule has 3 aliphatic heterocycles. The maximum Gasteiger partial charge on any atom is 0.251 e. The Morgan fingerprint density at radius 3 is 2.47 bits per heavy atom. The Bertz CT molecular complexity index is 335. The van der Waals surface area contributed by atoms with E-state index in [1.165, 1.54) is 12.8 Å². The summed E-state index contributed by atoms with van der Waals surface area (Å²) in [5, 5.41) is 3.63. The first-order chi connectivity index (χ1) is 9.17. The summed E-state index contributed by atoms with van der Waals surface area (Å²) in [5.41, 5.74) is 0. The van der Waals surface area contributed by atoms with Crippen molar-refractivity contribution in [2.45, 2.75) is 82.2 Å². The second-order valence-electron chi connectivity index (χ2n) is 6.44. The van der Waals surface area contributed by atoms with Crippen LogP contribution in [0.1, 0.15) is 51.9 Å². The predicted octanol–water partition coefficient (Wildman–Crippen LogP) is 1.69. The third-order valence-corrected chi connectivity index (χ3v) is 5.18. The van der Waals surface area contributed by atoms with Crippen LogP contribution in [0.5, 0.6) is 0 Å². The molecule has 3 heterocycles. The molecule has 1 amide bonds. The second kappa shape index (κ2) is 5.41. The van der Waals surface area contributed by atoms with Crippen LogP contribution in [0.3, 0.4) is 0 Å². The van der Waals surface area contributed by atoms with Gasteiger partial charge in [-0.25, -0.2) is 0 Å². The molecule has 0 aromatic heterocycles. The van der Waals surface area contributed by atoms with E-state index in [1.807, 2.05) is 11.9 Å². The number of carbonyl (C=O) groups is 1. The maximum atomic E-state index is 12.5. The van der Waals surface area contributed by atoms with E-state index < -0.39 is 0 Å². The number of rotatable bonds is 3. The minimum absolute atomic E-state index is 0.178. The van der Waals surface area contributed by atoms with Crippen molar-refractivity contribution >= 4 is 5.91 Å². The SMILES string of the molecule is CCC1CCC(C(=O)N(C)C2CC3CCC(C2)N3)O1. The van der Waals surface area contributed by atoms with Crippen molar-refractivity contribution in [3.63, 3.8) is 0 Å². The van der Waals surface area contributed by atoms with Crippen molar-refractivity contribution in [1.29, 1.82) is 0 Å². The first-order valence-corrected chi connectivity index (χ1v) is 7.85. The molecular weight excluding hydrogens is 240 g/mol. The molecular formula is C15H26N2O2. The number of fused-ring (bicyclic) bond motifs is 2. The van der Waals surface area contributed by atoms with E-state index in [2.05, 4.69) is 12.2 Å². The molecule has 1 N–H and O–H groups in total. The minimum Gasteiger partial charge on any atom is -0.365 e. The van der Waals surface area contributed by atoms with E-state index in [9.17, 15) is 4.79 Å². The smallest absolute Gasteiger partial charge is 0.251 e. The van der Waals surface area contributed by atoms with Crippen LogP contribution in [0.2, 0.25) is 0 Å². The summed E-state index contributed by atoms with van der Waals surface area (Å²) in [6.45, 7) is 2.13. The van der Waals surface area contributed by atoms with Crippen LogP contribution in [0.15, 0.2) is 0 Å². The number of likely N-dealkylation sites (N-methyl/N-ethyl adjacent to an activating group) is 1. The Morgan fingerprint density at radius 2 is 1.89 bits per heavy atom. The molecule has 4 unspecified atom stereocenters. The summed E-state index contributed by atoms with van der Waals surface area (Å²) < 4.78 is 5.85. The number of ether oxygens (including phenoxy) is 1. The van der Waals surface area contributed by atoms with Gasteiger partial charge in [0.15, 0.2) is 0 Å². The van der Waals surface area contributed by atoms with E-state index in [0.29, 0.717) is 24.2 Å². The molecule has 4 heteroatoms. The zero-order valence-electron chi connectivity index (χ0n) is 12.1. The predicted molar refractivity (Wildman–Crippen MR) is 73.9 cm³/mol. The Balaban J connectivity index is 1.57. The number of hydrogen-bond acceptors (Lipinski definition) is 3. The van der Waals surface area contributed by atoms with Gasteiger partial charge in [0.1, 0.15) is 6.10 Å². The lowest BCUT2D eigenvalue weighted by Crippen LogP contribution is -2.51. The number of carbonyl (C=O) groups excluding carboxylic acids is 1. The molecule has 3 saturated heterocycles. The van der Waals surface area contributed by atoms with Gasteiger partial charge in [-0.3, -0.25) is 4.79 Å². The average molecular weight is 266 g/mol. The van der Waals surface area contributed by atoms with Crippen LogP contribution in [0, 0.1) is 0 Å². The highest BCUT2D eigenvalue weighted by molar-refractivity contribution is 5.81. The van der Waals surface area contributed by atoms with Gasteiger partial charge in [-0.15, -0.1) is 0 Å². The average Bonchev–Trinajstić information content (AvgIpc) is 3.03. The molecule has 3 rings (SSSR count). The molecule has 0 radical (unpaired) electrons. The molecule has 0 aliphatic carbocycles. The van der Waals surface area contributed by atoms with Crippen LogP contribution in [0.4, 0.5) is 0 Å². The van der Waals surface area contributed by atoms with E-state index in [0.717, 1.165) is 32.1 Å². The molecule has 0 aromatic carbocycles. The summed E-state index contributed by atoms with van der Waals surface area (Å²) in [7, 11) is 1.97. The quantitative estimate of drug-likeness (QED) is 0.845. The molecule has 4 atom stereocenters. The summed E-state index contributed by atoms with van der Waals surface area (Å²) in [5.74, 6) is 0.210. The zero-order chi connectivity index (χ0) is 13.4. The minimum atomic E-state index is -0.178. The molecule has 3 aliphatic rings. The maximum absolute atomic E-state index is 12.5. The fourth-order valence-electron chi connectivity index (χ4n) is 3.94. The second-order valence-corrected chi connectivity index (χ2v) is 6.44. The molecule has 0 saturated carbocycles. The number of amides is 1. The molecule has 0 aromatic rings. The van der Waals surface area contributed by atoms with Gasteiger partial charge in [-0.1, -0.05) is 6.92 Å². The molecule has 4 nitrogen and oxygen atoms in total. The lowest BCUT2D eigenvalue weighted by Gasteiger charge is -2.36. The lowest BCUT2D eigenvalue weighted by molar-refractivity contribution is -0.144. The summed E-state index contributed by atoms with van der Waals surface area (Å²) in [6, 6.07) is 1.68. The first kappa shape index (κ1) is 13.4. The molecule has 2 bridgehead atoms. The van der Waals surface area contributed by atoms with Crippen LogP contribution in [-0.4, -0.2) is 48.2 Å². The van der Waals surface area contributed by atoms with Gasteiger partial charge in [0.2, 0.25) is 0 Å². The van der Waals surface area contributed by atoms with Crippen LogP contribution in [-0.2, 0) is 9.53 Å². The Hall–Kier alpha value is -0.610. The van der Waals surface area contributed by atoms with Crippen LogP contribution in [0.25, 0.3) is 0 Å². The number of piperidine rings is 1. The topological polar surface area (TPSA) is 41.6 Å². The van der Waals surface area contributed by atoms with E-state index in [1.54, 1.807) is 0 Å². The Morgan fingerprint density at radius 1 is 1.21 bits per heavy atom. The van der Waals surface area contributed by atoms with Crippen molar-refractivity contribution in [1.82, 2.24) is 10.2 Å². The fraction of sp³-hybridized carbons (Fsp3) is 0.933. The van der Waals surface area contributed by atoms with Gasteiger partial charge >= 0.3 is 0 Å². The molecule has 0 spiro atoms. The molecule has 19 heavy (non-hydrogen) atoms. The summed E-state index contributed by atoms with van der Waals surface area (Å²) >= 11 is 0. The molecule has 108 valence electrons. The van der Waals surface area contributed by atoms with E-state index >= 15 is 0 Å². The summed E-state index contributed by atoms with van der Waals surface area (Å²) in [4.78, 5) is 14.5. The normalized spacial score (nSPS) is 41.5. The van der Waals surface area contributed by atoms with E-state index in [-0.39, 0.29) is 12.0 Å². The third-order valence-electron chi connectivity index (χ3n) is 5.18. The first-order valence-electron chi connectivity index (χ1n) is 7.85. The van der Waals surface area contributed by atoms with Gasteiger partial charge in [0.25, 0.3) is 5.91 Å². The highest BCUT2D eigenvalue weighted by Gasteiger charge is 2.39. The third kappa shape index (κ3) is 2.65. The van der Waals surface area contributed by atoms with Crippen LogP contribution >= 0.6 is 0 Å². The highest BCUT2D eigenvalue weighted by atomic mass is 16.5. The standard InChI is InChI=1S/C15H26N2O2/c1-3-13-6-7-14(19-13)15(18)17(2)12-8-10-4-5-11(9-12)16-10/h10-14,16H,3-9H2,1-2H3. The largest absolute Gasteiger partial charge is 0.365 e. The number of hydrogen-bond donors (Lipinski definition) is 1. The van der Waals surface area contributed by atoms with Gasteiger partial charge in [-0.2, -0.15) is 0 Å². The summed E-state index contributed by atoms with van der Waals surface area (Å²) in [6.07, 6.45) is 7.87.